The lowest BCUT2D eigenvalue weighted by molar-refractivity contribution is 0.683. The summed E-state index contributed by atoms with van der Waals surface area (Å²) in [5.74, 6) is 0. The average Bonchev–Trinajstić information content (AvgIpc) is 2.38. The molecule has 1 aromatic carbocycles. The number of hydrogen-bond acceptors (Lipinski definition) is 1. The third-order valence-electron chi connectivity index (χ3n) is 2.62. The summed E-state index contributed by atoms with van der Waals surface area (Å²) in [5, 5.41) is 3.43. The van der Waals surface area contributed by atoms with Gasteiger partial charge in [0.25, 0.3) is 0 Å². The zero-order chi connectivity index (χ0) is 12.3. The lowest BCUT2D eigenvalue weighted by atomic mass is 10.1. The molecule has 90 valence electrons. The van der Waals surface area contributed by atoms with E-state index in [2.05, 4.69) is 42.7 Å². The van der Waals surface area contributed by atoms with Crippen molar-refractivity contribution in [1.29, 1.82) is 0 Å². The molecule has 0 saturated heterocycles. The maximum absolute atomic E-state index is 3.78. The van der Waals surface area contributed by atoms with Crippen molar-refractivity contribution in [2.45, 2.75) is 12.8 Å². The minimum Gasteiger partial charge on any atom is -0.316 e. The van der Waals surface area contributed by atoms with Crippen LogP contribution in [0.2, 0.25) is 0 Å². The Morgan fingerprint density at radius 1 is 1.12 bits per heavy atom. The highest BCUT2D eigenvalue weighted by Gasteiger charge is 1.93. The number of nitrogens with one attached hydrogen (secondary N) is 1. The summed E-state index contributed by atoms with van der Waals surface area (Å²) in [6, 6.07) is 10.5. The summed E-state index contributed by atoms with van der Waals surface area (Å²) in [5.41, 5.74) is 2.61. The lowest BCUT2D eigenvalue weighted by Gasteiger charge is -2.05. The van der Waals surface area contributed by atoms with Crippen molar-refractivity contribution in [3.05, 3.63) is 72.9 Å². The number of rotatable bonds is 8. The van der Waals surface area contributed by atoms with E-state index in [9.17, 15) is 0 Å². The molecule has 1 N–H and O–H groups in total. The molecular formula is C16H21N. The zero-order valence-electron chi connectivity index (χ0n) is 10.4. The van der Waals surface area contributed by atoms with Crippen molar-refractivity contribution in [2.24, 2.45) is 0 Å². The average molecular weight is 227 g/mol. The van der Waals surface area contributed by atoms with Crippen LogP contribution < -0.4 is 5.32 Å². The molecule has 0 amide bonds. The van der Waals surface area contributed by atoms with Crippen molar-refractivity contribution in [3.63, 3.8) is 0 Å². The minimum absolute atomic E-state index is 0.985. The first-order valence-corrected chi connectivity index (χ1v) is 6.05. The Kier molecular flexibility index (Phi) is 6.76. The molecule has 0 aromatic heterocycles. The second-order valence-electron chi connectivity index (χ2n) is 3.92. The highest BCUT2D eigenvalue weighted by atomic mass is 14.8. The van der Waals surface area contributed by atoms with Crippen LogP contribution in [0.5, 0.6) is 0 Å². The van der Waals surface area contributed by atoms with Gasteiger partial charge in [-0.05, 0) is 37.1 Å². The highest BCUT2D eigenvalue weighted by Crippen LogP contribution is 2.01. The standard InChI is InChI=1S/C16H21N/c1-3-8-15(4-2)11-13-17-14-12-16-9-6-5-7-10-16/h3-10,17H,1-2,11-14H2/b15-8+. The molecule has 0 bridgehead atoms. The molecule has 0 aliphatic carbocycles. The Morgan fingerprint density at radius 3 is 2.53 bits per heavy atom. The van der Waals surface area contributed by atoms with Crippen LogP contribution in [0, 0.1) is 0 Å². The Labute approximate surface area is 105 Å². The Bertz CT molecular complexity index is 362. The van der Waals surface area contributed by atoms with Crippen molar-refractivity contribution in [2.75, 3.05) is 13.1 Å². The fourth-order valence-electron chi connectivity index (χ4n) is 1.64. The predicted octanol–water partition coefficient (Wildman–Crippen LogP) is 3.51. The number of benzene rings is 1. The molecule has 1 heteroatoms. The topological polar surface area (TPSA) is 12.0 Å². The largest absolute Gasteiger partial charge is 0.316 e. The maximum atomic E-state index is 3.78. The molecule has 0 heterocycles. The van der Waals surface area contributed by atoms with Gasteiger partial charge in [0.1, 0.15) is 0 Å². The van der Waals surface area contributed by atoms with Crippen LogP contribution in [-0.2, 0) is 6.42 Å². The minimum atomic E-state index is 0.985. The van der Waals surface area contributed by atoms with Crippen molar-refractivity contribution < 1.29 is 0 Å². The van der Waals surface area contributed by atoms with Gasteiger partial charge in [-0.1, -0.05) is 61.7 Å². The lowest BCUT2D eigenvalue weighted by Crippen LogP contribution is -2.18. The van der Waals surface area contributed by atoms with Gasteiger partial charge in [0, 0.05) is 0 Å². The quantitative estimate of drug-likeness (QED) is 0.529. The maximum Gasteiger partial charge on any atom is -0.000822 e. The van der Waals surface area contributed by atoms with Crippen LogP contribution in [0.4, 0.5) is 0 Å². The van der Waals surface area contributed by atoms with Gasteiger partial charge in [-0.2, -0.15) is 0 Å². The van der Waals surface area contributed by atoms with Gasteiger partial charge in [0.2, 0.25) is 0 Å². The smallest absolute Gasteiger partial charge is 0.000822 e. The van der Waals surface area contributed by atoms with Gasteiger partial charge in [0.15, 0.2) is 0 Å². The van der Waals surface area contributed by atoms with Gasteiger partial charge in [-0.15, -0.1) is 0 Å². The van der Waals surface area contributed by atoms with Crippen molar-refractivity contribution >= 4 is 0 Å². The van der Waals surface area contributed by atoms with E-state index in [0.717, 1.165) is 25.9 Å². The molecule has 0 aliphatic rings. The van der Waals surface area contributed by atoms with Crippen LogP contribution in [-0.4, -0.2) is 13.1 Å². The molecule has 0 aliphatic heterocycles. The fraction of sp³-hybridized carbons (Fsp3) is 0.250. The van der Waals surface area contributed by atoms with E-state index in [1.807, 2.05) is 18.2 Å². The van der Waals surface area contributed by atoms with E-state index in [1.54, 1.807) is 6.08 Å². The number of hydrogen-bond donors (Lipinski definition) is 1. The van der Waals surface area contributed by atoms with Gasteiger partial charge in [-0.3, -0.25) is 0 Å². The summed E-state index contributed by atoms with van der Waals surface area (Å²) in [7, 11) is 0. The van der Waals surface area contributed by atoms with Gasteiger partial charge in [-0.25, -0.2) is 0 Å². The van der Waals surface area contributed by atoms with Gasteiger partial charge in [0.05, 0.1) is 0 Å². The van der Waals surface area contributed by atoms with Gasteiger partial charge < -0.3 is 5.32 Å². The van der Waals surface area contributed by atoms with Crippen LogP contribution in [0.15, 0.2) is 67.3 Å². The molecule has 0 spiro atoms. The molecule has 0 radical (unpaired) electrons. The van der Waals surface area contributed by atoms with Crippen LogP contribution in [0.25, 0.3) is 0 Å². The predicted molar refractivity (Wildman–Crippen MR) is 76.1 cm³/mol. The van der Waals surface area contributed by atoms with Gasteiger partial charge >= 0.3 is 0 Å². The SMILES string of the molecule is C=C/C=C(\C=C)CCNCCc1ccccc1. The highest BCUT2D eigenvalue weighted by molar-refractivity contribution is 5.21. The Hall–Kier alpha value is -1.60. The van der Waals surface area contributed by atoms with E-state index < -0.39 is 0 Å². The molecule has 17 heavy (non-hydrogen) atoms. The Morgan fingerprint density at radius 2 is 1.88 bits per heavy atom. The molecule has 1 nitrogen and oxygen atoms in total. The fourth-order valence-corrected chi connectivity index (χ4v) is 1.64. The van der Waals surface area contributed by atoms with E-state index in [-0.39, 0.29) is 0 Å². The van der Waals surface area contributed by atoms with Crippen LogP contribution >= 0.6 is 0 Å². The summed E-state index contributed by atoms with van der Waals surface area (Å²) in [4.78, 5) is 0. The third kappa shape index (κ3) is 5.88. The number of allylic oxidation sites excluding steroid dienone is 3. The van der Waals surface area contributed by atoms with Crippen LogP contribution in [0.3, 0.4) is 0 Å². The molecule has 0 atom stereocenters. The van der Waals surface area contributed by atoms with Crippen molar-refractivity contribution in [3.8, 4) is 0 Å². The molecule has 1 rings (SSSR count). The summed E-state index contributed by atoms with van der Waals surface area (Å²) < 4.78 is 0. The zero-order valence-corrected chi connectivity index (χ0v) is 10.4. The third-order valence-corrected chi connectivity index (χ3v) is 2.62. The molecule has 1 aromatic rings. The first kappa shape index (κ1) is 13.5. The van der Waals surface area contributed by atoms with Crippen molar-refractivity contribution in [1.82, 2.24) is 5.32 Å². The summed E-state index contributed by atoms with van der Waals surface area (Å²) in [6.07, 6.45) is 7.78. The molecular weight excluding hydrogens is 206 g/mol. The van der Waals surface area contributed by atoms with E-state index in [4.69, 9.17) is 0 Å². The Balaban J connectivity index is 2.14. The van der Waals surface area contributed by atoms with E-state index >= 15 is 0 Å². The molecule has 0 unspecified atom stereocenters. The second kappa shape index (κ2) is 8.54. The van der Waals surface area contributed by atoms with E-state index in [1.165, 1.54) is 11.1 Å². The summed E-state index contributed by atoms with van der Waals surface area (Å²) in [6.45, 7) is 9.47. The molecule has 0 fully saturated rings. The molecule has 0 saturated carbocycles. The normalized spacial score (nSPS) is 11.2. The second-order valence-corrected chi connectivity index (χ2v) is 3.92. The van der Waals surface area contributed by atoms with E-state index in [0.29, 0.717) is 0 Å². The first-order valence-electron chi connectivity index (χ1n) is 6.05. The monoisotopic (exact) mass is 227 g/mol. The van der Waals surface area contributed by atoms with Crippen LogP contribution in [0.1, 0.15) is 12.0 Å². The first-order chi connectivity index (χ1) is 8.36. The summed E-state index contributed by atoms with van der Waals surface area (Å²) >= 11 is 0.